The van der Waals surface area contributed by atoms with Crippen molar-refractivity contribution in [1.29, 1.82) is 0 Å². The molecule has 0 aliphatic heterocycles. The van der Waals surface area contributed by atoms with Crippen molar-refractivity contribution in [1.82, 2.24) is 4.98 Å². The Morgan fingerprint density at radius 2 is 1.03 bits per heavy atom. The number of benzene rings is 6. The summed E-state index contributed by atoms with van der Waals surface area (Å²) in [5, 5.41) is 7.45. The molecule has 0 unspecified atom stereocenters. The number of nitrogens with one attached hydrogen (secondary N) is 1. The fraction of sp³-hybridized carbons (Fsp3) is 0.111. The van der Waals surface area contributed by atoms with Crippen LogP contribution in [0.15, 0.2) is 121 Å². The first-order valence-electron chi connectivity index (χ1n) is 13.3. The Labute approximate surface area is 223 Å². The van der Waals surface area contributed by atoms with E-state index < -0.39 is 0 Å². The van der Waals surface area contributed by atoms with Crippen LogP contribution in [0.4, 0.5) is 17.1 Å². The van der Waals surface area contributed by atoms with Crippen molar-refractivity contribution >= 4 is 60.4 Å². The number of H-pyrrole nitrogens is 1. The summed E-state index contributed by atoms with van der Waals surface area (Å²) < 4.78 is 0. The zero-order valence-electron chi connectivity index (χ0n) is 22.0. The van der Waals surface area contributed by atoms with Gasteiger partial charge in [-0.2, -0.15) is 0 Å². The fourth-order valence-electron chi connectivity index (χ4n) is 5.71. The first-order chi connectivity index (χ1) is 18.5. The standard InChI is InChI=1S/C36H30N2/c1-36(2,3)26-18-20-32-30(22-26)31-23-27(19-21-33(31)37-32)38(34-16-8-12-24-10-4-6-14-28(24)34)35-17-9-13-25-11-5-7-15-29(25)35/h4-23,37H,1-3H3. The lowest BCUT2D eigenvalue weighted by Gasteiger charge is -2.28. The Morgan fingerprint density at radius 3 is 1.63 bits per heavy atom. The molecule has 0 radical (unpaired) electrons. The Balaban J connectivity index is 1.54. The third kappa shape index (κ3) is 3.64. The molecule has 6 aromatic carbocycles. The number of anilines is 3. The number of aromatic amines is 1. The molecular weight excluding hydrogens is 460 g/mol. The SMILES string of the molecule is CC(C)(C)c1ccc2[nH]c3ccc(N(c4cccc5ccccc45)c4cccc5ccccc45)cc3c2c1. The van der Waals surface area contributed by atoms with Gasteiger partial charge < -0.3 is 9.88 Å². The second kappa shape index (κ2) is 8.49. The lowest BCUT2D eigenvalue weighted by molar-refractivity contribution is 0.591. The van der Waals surface area contributed by atoms with E-state index >= 15 is 0 Å². The summed E-state index contributed by atoms with van der Waals surface area (Å²) >= 11 is 0. The highest BCUT2D eigenvalue weighted by Gasteiger charge is 2.20. The molecule has 0 fully saturated rings. The number of hydrogen-bond donors (Lipinski definition) is 1. The largest absolute Gasteiger partial charge is 0.355 e. The van der Waals surface area contributed by atoms with Crippen LogP contribution in [0.3, 0.4) is 0 Å². The number of fused-ring (bicyclic) bond motifs is 5. The average molecular weight is 491 g/mol. The van der Waals surface area contributed by atoms with Gasteiger partial charge in [-0.1, -0.05) is 99.6 Å². The van der Waals surface area contributed by atoms with Gasteiger partial charge in [-0.05, 0) is 64.2 Å². The van der Waals surface area contributed by atoms with Crippen LogP contribution in [0.25, 0.3) is 43.4 Å². The zero-order valence-corrected chi connectivity index (χ0v) is 22.0. The summed E-state index contributed by atoms with van der Waals surface area (Å²) in [5.41, 5.74) is 7.26. The maximum absolute atomic E-state index is 3.64. The lowest BCUT2D eigenvalue weighted by Crippen LogP contribution is -2.11. The van der Waals surface area contributed by atoms with Gasteiger partial charge in [0.25, 0.3) is 0 Å². The Kier molecular flexibility index (Phi) is 5.06. The molecule has 0 saturated carbocycles. The second-order valence-corrected chi connectivity index (χ2v) is 11.2. The van der Waals surface area contributed by atoms with Crippen LogP contribution in [-0.4, -0.2) is 4.98 Å². The molecule has 0 amide bonds. The Hall–Kier alpha value is -4.56. The molecule has 0 bridgehead atoms. The van der Waals surface area contributed by atoms with Crippen molar-refractivity contribution in [3.8, 4) is 0 Å². The molecule has 7 aromatic rings. The van der Waals surface area contributed by atoms with E-state index in [9.17, 15) is 0 Å². The van der Waals surface area contributed by atoms with Crippen molar-refractivity contribution < 1.29 is 0 Å². The van der Waals surface area contributed by atoms with Gasteiger partial charge in [0.15, 0.2) is 0 Å². The number of aromatic nitrogens is 1. The highest BCUT2D eigenvalue weighted by Crippen LogP contribution is 2.43. The van der Waals surface area contributed by atoms with Gasteiger partial charge in [-0.15, -0.1) is 0 Å². The molecule has 2 nitrogen and oxygen atoms in total. The summed E-state index contributed by atoms with van der Waals surface area (Å²) in [4.78, 5) is 6.07. The van der Waals surface area contributed by atoms with E-state index in [0.717, 1.165) is 11.2 Å². The van der Waals surface area contributed by atoms with E-state index in [1.165, 1.54) is 54.8 Å². The van der Waals surface area contributed by atoms with Gasteiger partial charge in [-0.25, -0.2) is 0 Å². The second-order valence-electron chi connectivity index (χ2n) is 11.2. The van der Waals surface area contributed by atoms with Crippen molar-refractivity contribution in [2.75, 3.05) is 4.90 Å². The summed E-state index contributed by atoms with van der Waals surface area (Å²) in [6.07, 6.45) is 0. The lowest BCUT2D eigenvalue weighted by atomic mass is 9.86. The van der Waals surface area contributed by atoms with Crippen LogP contribution in [0, 0.1) is 0 Å². The molecular formula is C36H30N2. The topological polar surface area (TPSA) is 19.0 Å². The van der Waals surface area contributed by atoms with Gasteiger partial charge in [0.2, 0.25) is 0 Å². The van der Waals surface area contributed by atoms with E-state index in [4.69, 9.17) is 0 Å². The fourth-order valence-corrected chi connectivity index (χ4v) is 5.71. The molecule has 184 valence electrons. The molecule has 0 aliphatic carbocycles. The van der Waals surface area contributed by atoms with Gasteiger partial charge in [-0.3, -0.25) is 0 Å². The van der Waals surface area contributed by atoms with Crippen molar-refractivity contribution in [3.63, 3.8) is 0 Å². The third-order valence-corrected chi connectivity index (χ3v) is 7.72. The quantitative estimate of drug-likeness (QED) is 0.261. The van der Waals surface area contributed by atoms with Crippen LogP contribution in [0.1, 0.15) is 26.3 Å². The maximum Gasteiger partial charge on any atom is 0.0540 e. The molecule has 0 saturated heterocycles. The van der Waals surface area contributed by atoms with E-state index in [2.05, 4.69) is 152 Å². The van der Waals surface area contributed by atoms with Crippen LogP contribution in [-0.2, 0) is 5.41 Å². The molecule has 0 atom stereocenters. The Morgan fingerprint density at radius 1 is 0.500 bits per heavy atom. The van der Waals surface area contributed by atoms with Gasteiger partial charge in [0, 0.05) is 38.3 Å². The molecule has 1 aromatic heterocycles. The van der Waals surface area contributed by atoms with Crippen LogP contribution < -0.4 is 4.90 Å². The van der Waals surface area contributed by atoms with Crippen LogP contribution in [0.2, 0.25) is 0 Å². The molecule has 0 spiro atoms. The minimum absolute atomic E-state index is 0.0906. The normalized spacial score (nSPS) is 12.1. The number of nitrogens with zero attached hydrogens (tertiary/aromatic N) is 1. The van der Waals surface area contributed by atoms with E-state index in [-0.39, 0.29) is 5.41 Å². The average Bonchev–Trinajstić information content (AvgIpc) is 3.30. The van der Waals surface area contributed by atoms with Crippen molar-refractivity contribution in [2.45, 2.75) is 26.2 Å². The molecule has 1 N–H and O–H groups in total. The molecule has 1 heterocycles. The summed E-state index contributed by atoms with van der Waals surface area (Å²) in [5.74, 6) is 0. The highest BCUT2D eigenvalue weighted by molar-refractivity contribution is 6.10. The van der Waals surface area contributed by atoms with E-state index in [0.29, 0.717) is 0 Å². The van der Waals surface area contributed by atoms with E-state index in [1.54, 1.807) is 0 Å². The number of hydrogen-bond acceptors (Lipinski definition) is 1. The third-order valence-electron chi connectivity index (χ3n) is 7.72. The van der Waals surface area contributed by atoms with Crippen LogP contribution in [0.5, 0.6) is 0 Å². The number of rotatable bonds is 3. The van der Waals surface area contributed by atoms with Gasteiger partial charge in [0.05, 0.1) is 11.4 Å². The minimum atomic E-state index is 0.0906. The first-order valence-corrected chi connectivity index (χ1v) is 13.3. The molecule has 2 heteroatoms. The summed E-state index contributed by atoms with van der Waals surface area (Å²) in [7, 11) is 0. The maximum atomic E-state index is 3.64. The summed E-state index contributed by atoms with van der Waals surface area (Å²) in [6, 6.07) is 44.1. The first kappa shape index (κ1) is 22.6. The summed E-state index contributed by atoms with van der Waals surface area (Å²) in [6.45, 7) is 6.83. The minimum Gasteiger partial charge on any atom is -0.355 e. The van der Waals surface area contributed by atoms with Crippen molar-refractivity contribution in [3.05, 3.63) is 127 Å². The van der Waals surface area contributed by atoms with E-state index in [1.807, 2.05) is 0 Å². The molecule has 0 aliphatic rings. The highest BCUT2D eigenvalue weighted by atomic mass is 15.1. The smallest absolute Gasteiger partial charge is 0.0540 e. The molecule has 7 rings (SSSR count). The van der Waals surface area contributed by atoms with Crippen molar-refractivity contribution in [2.24, 2.45) is 0 Å². The van der Waals surface area contributed by atoms with Gasteiger partial charge in [0.1, 0.15) is 0 Å². The molecule has 38 heavy (non-hydrogen) atoms. The predicted molar refractivity (Wildman–Crippen MR) is 164 cm³/mol. The Bertz CT molecular complexity index is 1880. The predicted octanol–water partition coefficient (Wildman–Crippen LogP) is 10.4. The van der Waals surface area contributed by atoms with Gasteiger partial charge >= 0.3 is 0 Å². The monoisotopic (exact) mass is 490 g/mol. The zero-order chi connectivity index (χ0) is 25.9. The van der Waals surface area contributed by atoms with Crippen LogP contribution >= 0.6 is 0 Å².